The monoisotopic (exact) mass is 508 g/mol. The number of carbonyl (C=O) groups is 1. The minimum atomic E-state index is -0.327. The van der Waals surface area contributed by atoms with Gasteiger partial charge in [0, 0.05) is 32.7 Å². The number of nitrogens with one attached hydrogen (secondary N) is 2. The van der Waals surface area contributed by atoms with Crippen LogP contribution in [0, 0.1) is 0 Å². The number of methoxy groups -OCH3 is 1. The lowest BCUT2D eigenvalue weighted by atomic mass is 9.78. The number of fused-ring (bicyclic) bond motifs is 1. The molecule has 32 heavy (non-hydrogen) atoms. The van der Waals surface area contributed by atoms with Crippen LogP contribution in [0.4, 0.5) is 11.4 Å². The smallest absolute Gasteiger partial charge is 0.163 e. The summed E-state index contributed by atoms with van der Waals surface area (Å²) < 4.78 is 6.61. The first-order chi connectivity index (χ1) is 15.5. The molecule has 0 radical (unpaired) electrons. The number of ketones is 1. The van der Waals surface area contributed by atoms with Gasteiger partial charge < -0.3 is 15.4 Å². The van der Waals surface area contributed by atoms with Crippen LogP contribution in [-0.2, 0) is 4.79 Å². The zero-order valence-electron chi connectivity index (χ0n) is 17.5. The van der Waals surface area contributed by atoms with Crippen molar-refractivity contribution in [2.45, 2.75) is 24.8 Å². The van der Waals surface area contributed by atoms with Gasteiger partial charge in [-0.15, -0.1) is 0 Å². The van der Waals surface area contributed by atoms with Crippen molar-refractivity contribution in [1.82, 2.24) is 0 Å². The number of ether oxygens (including phenoxy) is 1. The molecule has 0 spiro atoms. The fourth-order valence-electron chi connectivity index (χ4n) is 4.63. The number of allylic oxidation sites excluding steroid dienone is 1. The van der Waals surface area contributed by atoms with E-state index >= 15 is 0 Å². The van der Waals surface area contributed by atoms with Gasteiger partial charge in [0.15, 0.2) is 5.78 Å². The number of hydrogen-bond donors (Lipinski definition) is 2. The second-order valence-corrected chi connectivity index (χ2v) is 9.46. The summed E-state index contributed by atoms with van der Waals surface area (Å²) in [5.74, 6) is 0.969. The number of anilines is 2. The topological polar surface area (TPSA) is 50.4 Å². The van der Waals surface area contributed by atoms with Gasteiger partial charge in [0.2, 0.25) is 0 Å². The third-order valence-corrected chi connectivity index (χ3v) is 6.90. The van der Waals surface area contributed by atoms with E-state index in [0.29, 0.717) is 11.4 Å². The van der Waals surface area contributed by atoms with E-state index in [1.165, 1.54) is 0 Å². The highest BCUT2D eigenvalue weighted by Gasteiger charge is 2.37. The third-order valence-electron chi connectivity index (χ3n) is 6.15. The van der Waals surface area contributed by atoms with E-state index < -0.39 is 0 Å². The van der Waals surface area contributed by atoms with Crippen LogP contribution in [0.3, 0.4) is 0 Å². The molecule has 1 heterocycles. The predicted molar refractivity (Wildman–Crippen MR) is 133 cm³/mol. The van der Waals surface area contributed by atoms with Crippen molar-refractivity contribution in [3.8, 4) is 5.75 Å². The largest absolute Gasteiger partial charge is 0.496 e. The van der Waals surface area contributed by atoms with Gasteiger partial charge in [-0.05, 0) is 60.4 Å². The van der Waals surface area contributed by atoms with Crippen LogP contribution < -0.4 is 15.4 Å². The van der Waals surface area contributed by atoms with E-state index in [2.05, 4.69) is 26.6 Å². The molecule has 0 fully saturated rings. The fraction of sp³-hybridized carbons (Fsp3) is 0.192. The predicted octanol–water partition coefficient (Wildman–Crippen LogP) is 7.09. The number of carbonyl (C=O) groups excluding carboxylic acids is 1. The molecule has 4 nitrogen and oxygen atoms in total. The number of benzene rings is 3. The van der Waals surface area contributed by atoms with Gasteiger partial charge >= 0.3 is 0 Å². The van der Waals surface area contributed by atoms with Crippen molar-refractivity contribution in [3.05, 3.63) is 98.6 Å². The first-order valence-electron chi connectivity index (χ1n) is 10.5. The van der Waals surface area contributed by atoms with E-state index in [0.717, 1.165) is 50.4 Å². The summed E-state index contributed by atoms with van der Waals surface area (Å²) in [4.78, 5) is 13.6. The molecule has 2 aliphatic rings. The maximum absolute atomic E-state index is 13.6. The van der Waals surface area contributed by atoms with Crippen molar-refractivity contribution in [3.63, 3.8) is 0 Å². The Morgan fingerprint density at radius 3 is 2.50 bits per heavy atom. The van der Waals surface area contributed by atoms with Crippen molar-refractivity contribution in [2.75, 3.05) is 17.7 Å². The summed E-state index contributed by atoms with van der Waals surface area (Å²) in [6.45, 7) is 0. The molecule has 5 rings (SSSR count). The zero-order valence-corrected chi connectivity index (χ0v) is 19.8. The van der Waals surface area contributed by atoms with E-state index in [1.807, 2.05) is 66.7 Å². The molecule has 3 aromatic carbocycles. The van der Waals surface area contributed by atoms with Crippen molar-refractivity contribution >= 4 is 44.7 Å². The highest BCUT2D eigenvalue weighted by atomic mass is 79.9. The lowest BCUT2D eigenvalue weighted by Crippen LogP contribution is -2.27. The maximum Gasteiger partial charge on any atom is 0.163 e. The Bertz CT molecular complexity index is 1220. The standard InChI is InChI=1S/C26H22BrClN2O2/c1-32-24-11-8-17(27)14-19(24)26-25-22(29-20-4-2-3-5-21(20)30-26)12-16(13-23(25)31)15-6-9-18(28)10-7-15/h2-11,14,16,26,29-30H,12-13H2,1H3/t16-,26+/m0/s1. The summed E-state index contributed by atoms with van der Waals surface area (Å²) in [5.41, 5.74) is 5.67. The van der Waals surface area contributed by atoms with E-state index in [9.17, 15) is 4.79 Å². The third kappa shape index (κ3) is 3.91. The van der Waals surface area contributed by atoms with Gasteiger partial charge in [0.05, 0.1) is 24.5 Å². The average molecular weight is 510 g/mol. The van der Waals surface area contributed by atoms with Gasteiger partial charge in [-0.2, -0.15) is 0 Å². The van der Waals surface area contributed by atoms with Crippen LogP contribution in [0.15, 0.2) is 82.5 Å². The molecule has 0 saturated heterocycles. The van der Waals surface area contributed by atoms with E-state index in [4.69, 9.17) is 16.3 Å². The number of para-hydroxylation sites is 2. The molecule has 1 aliphatic heterocycles. The lowest BCUT2D eigenvalue weighted by molar-refractivity contribution is -0.116. The zero-order chi connectivity index (χ0) is 22.2. The highest BCUT2D eigenvalue weighted by Crippen LogP contribution is 2.46. The average Bonchev–Trinajstić information content (AvgIpc) is 2.96. The molecule has 0 unspecified atom stereocenters. The molecule has 2 N–H and O–H groups in total. The Hall–Kier alpha value is -2.76. The van der Waals surface area contributed by atoms with Gasteiger partial charge in [0.25, 0.3) is 0 Å². The van der Waals surface area contributed by atoms with Gasteiger partial charge in [-0.25, -0.2) is 0 Å². The molecule has 0 bridgehead atoms. The SMILES string of the molecule is COc1ccc(Br)cc1[C@H]1Nc2ccccc2NC2=C1C(=O)C[C@@H](c1ccc(Cl)cc1)C2. The van der Waals surface area contributed by atoms with Crippen LogP contribution >= 0.6 is 27.5 Å². The number of Topliss-reactive ketones (excluding diaryl/α,β-unsaturated/α-hetero) is 1. The molecule has 6 heteroatoms. The van der Waals surface area contributed by atoms with Crippen LogP contribution in [0.5, 0.6) is 5.75 Å². The second kappa shape index (κ2) is 8.64. The van der Waals surface area contributed by atoms with Crippen molar-refractivity contribution < 1.29 is 9.53 Å². The maximum atomic E-state index is 13.6. The normalized spacial score (nSPS) is 19.9. The number of halogens is 2. The first kappa shape index (κ1) is 21.1. The second-order valence-electron chi connectivity index (χ2n) is 8.11. The van der Waals surface area contributed by atoms with Crippen LogP contribution in [0.2, 0.25) is 5.02 Å². The summed E-state index contributed by atoms with van der Waals surface area (Å²) in [7, 11) is 1.66. The van der Waals surface area contributed by atoms with Gasteiger partial charge in [-0.3, -0.25) is 4.79 Å². The van der Waals surface area contributed by atoms with Crippen LogP contribution in [0.25, 0.3) is 0 Å². The molecular weight excluding hydrogens is 488 g/mol. The molecule has 0 aromatic heterocycles. The lowest BCUT2D eigenvalue weighted by Gasteiger charge is -2.30. The Kier molecular flexibility index (Phi) is 5.70. The van der Waals surface area contributed by atoms with Gasteiger partial charge in [-0.1, -0.05) is 51.8 Å². The summed E-state index contributed by atoms with van der Waals surface area (Å²) in [5, 5.41) is 7.88. The Morgan fingerprint density at radius 1 is 1.00 bits per heavy atom. The van der Waals surface area contributed by atoms with Crippen LogP contribution in [0.1, 0.15) is 35.9 Å². The minimum absolute atomic E-state index is 0.0985. The molecule has 1 aliphatic carbocycles. The quantitative estimate of drug-likeness (QED) is 0.396. The number of hydrogen-bond acceptors (Lipinski definition) is 4. The number of rotatable bonds is 3. The molecule has 0 saturated carbocycles. The summed E-state index contributed by atoms with van der Waals surface area (Å²) in [6.07, 6.45) is 1.19. The van der Waals surface area contributed by atoms with Crippen molar-refractivity contribution in [2.24, 2.45) is 0 Å². The van der Waals surface area contributed by atoms with E-state index in [1.54, 1.807) is 7.11 Å². The molecule has 2 atom stereocenters. The Morgan fingerprint density at radius 2 is 1.75 bits per heavy atom. The Labute approximate surface area is 200 Å². The molecule has 162 valence electrons. The Balaban J connectivity index is 1.64. The van der Waals surface area contributed by atoms with E-state index in [-0.39, 0.29) is 17.7 Å². The minimum Gasteiger partial charge on any atom is -0.496 e. The van der Waals surface area contributed by atoms with Crippen molar-refractivity contribution in [1.29, 1.82) is 0 Å². The van der Waals surface area contributed by atoms with Gasteiger partial charge in [0.1, 0.15) is 5.75 Å². The highest BCUT2D eigenvalue weighted by molar-refractivity contribution is 9.10. The molecular formula is C26H22BrClN2O2. The van der Waals surface area contributed by atoms with Crippen LogP contribution in [-0.4, -0.2) is 12.9 Å². The molecule has 3 aromatic rings. The first-order valence-corrected chi connectivity index (χ1v) is 11.7. The summed E-state index contributed by atoms with van der Waals surface area (Å²) >= 11 is 9.67. The fourth-order valence-corrected chi connectivity index (χ4v) is 5.13. The summed E-state index contributed by atoms with van der Waals surface area (Å²) in [6, 6.07) is 21.4. The molecule has 0 amide bonds.